The van der Waals surface area contributed by atoms with Crippen molar-refractivity contribution in [3.63, 3.8) is 0 Å². The average Bonchev–Trinajstić information content (AvgIpc) is 2.26. The molecule has 0 heterocycles. The van der Waals surface area contributed by atoms with Crippen molar-refractivity contribution in [3.05, 3.63) is 0 Å². The lowest BCUT2D eigenvalue weighted by Gasteiger charge is -2.02. The summed E-state index contributed by atoms with van der Waals surface area (Å²) in [6.45, 7) is 4.42. The molecule has 0 bridgehead atoms. The fourth-order valence-corrected chi connectivity index (χ4v) is 0.866. The highest BCUT2D eigenvalue weighted by molar-refractivity contribution is 7.87. The first-order valence-corrected chi connectivity index (χ1v) is 8.05. The summed E-state index contributed by atoms with van der Waals surface area (Å²) in [6, 6.07) is 0. The molecule has 0 amide bonds. The van der Waals surface area contributed by atoms with Crippen molar-refractivity contribution < 1.29 is 34.2 Å². The van der Waals surface area contributed by atoms with E-state index in [-0.39, 0.29) is 9.90 Å². The summed E-state index contributed by atoms with van der Waals surface area (Å²) in [5.74, 6) is 0. The molecule has 0 saturated heterocycles. The molecule has 3 nitrogen and oxygen atoms in total. The van der Waals surface area contributed by atoms with Gasteiger partial charge in [0, 0.05) is 5.66 Å². The molecule has 0 N–H and O–H groups in total. The molecule has 20 heavy (non-hydrogen) atoms. The van der Waals surface area contributed by atoms with Crippen LogP contribution in [0.4, 0.5) is 21.6 Å². The highest BCUT2D eigenvalue weighted by Gasteiger charge is 2.48. The minimum Gasteiger partial charge on any atom is -0.321 e. The standard InChI is InChI=1S/C5H13P.C3F5O3PS.H3P/c1-3-5(6)4-2;4-3(5,6)13(9,10)11-1-2-12(7)8;/h5H,3-4,6H2,1-2H3;;1H3. The Morgan fingerprint density at radius 1 is 1.25 bits per heavy atom. The molecule has 0 aromatic rings. The molecule has 0 aliphatic heterocycles. The van der Waals surface area contributed by atoms with Crippen molar-refractivity contribution in [2.45, 2.75) is 37.9 Å². The van der Waals surface area contributed by atoms with E-state index in [1.165, 1.54) is 12.8 Å². The second-order valence-corrected chi connectivity index (χ2v) is 6.18. The Bertz CT molecular complexity index is 398. The number of halogens is 5. The number of hydrogen-bond acceptors (Lipinski definition) is 3. The molecule has 0 fully saturated rings. The summed E-state index contributed by atoms with van der Waals surface area (Å²) in [4.78, 5) is 0. The first-order valence-electron chi connectivity index (χ1n) is 4.85. The van der Waals surface area contributed by atoms with Crippen LogP contribution in [0.1, 0.15) is 26.7 Å². The molecule has 0 spiro atoms. The maximum Gasteiger partial charge on any atom is 0.535 e. The van der Waals surface area contributed by atoms with Crippen LogP contribution in [0.2, 0.25) is 0 Å². The van der Waals surface area contributed by atoms with Gasteiger partial charge in [-0.1, -0.05) is 13.8 Å². The van der Waals surface area contributed by atoms with Crippen molar-refractivity contribution in [2.75, 3.05) is 0 Å². The fourth-order valence-electron chi connectivity index (χ4n) is 0.444. The topological polar surface area (TPSA) is 43.4 Å². The van der Waals surface area contributed by atoms with E-state index in [9.17, 15) is 30.0 Å². The molecule has 122 valence electrons. The van der Waals surface area contributed by atoms with Gasteiger partial charge < -0.3 is 4.18 Å². The minimum absolute atomic E-state index is 0. The predicted octanol–water partition coefficient (Wildman–Crippen LogP) is 4.13. The molecule has 2 unspecified atom stereocenters. The third-order valence-corrected chi connectivity index (χ3v) is 3.69. The zero-order valence-corrected chi connectivity index (χ0v) is 15.0. The Kier molecular flexibility index (Phi) is 15.0. The maximum atomic E-state index is 11.4. The molecule has 2 atom stereocenters. The summed E-state index contributed by atoms with van der Waals surface area (Å²) in [5.41, 5.74) is -3.95. The van der Waals surface area contributed by atoms with Gasteiger partial charge in [0.2, 0.25) is 0 Å². The second kappa shape index (κ2) is 11.9. The predicted molar refractivity (Wildman–Crippen MR) is 78.2 cm³/mol. The molecule has 0 radical (unpaired) electrons. The second-order valence-electron chi connectivity index (χ2n) is 3.01. The molecule has 0 aromatic carbocycles. The van der Waals surface area contributed by atoms with Gasteiger partial charge in [-0.3, -0.25) is 0 Å². The number of rotatable bonds is 3. The van der Waals surface area contributed by atoms with Crippen molar-refractivity contribution in [1.29, 1.82) is 0 Å². The lowest BCUT2D eigenvalue weighted by atomic mass is 10.3. The first kappa shape index (κ1) is 25.2. The van der Waals surface area contributed by atoms with Crippen LogP contribution in [-0.4, -0.2) is 19.6 Å². The third kappa shape index (κ3) is 13.2. The van der Waals surface area contributed by atoms with Crippen LogP contribution in [0.3, 0.4) is 0 Å². The van der Waals surface area contributed by atoms with Crippen molar-refractivity contribution >= 4 is 37.8 Å². The lowest BCUT2D eigenvalue weighted by molar-refractivity contribution is -0.0509. The Hall–Kier alpha value is 0.250. The fraction of sp³-hybridized carbons (Fsp3) is 0.750. The Morgan fingerprint density at radius 3 is 1.85 bits per heavy atom. The maximum absolute atomic E-state index is 11.4. The zero-order chi connectivity index (χ0) is 15.7. The smallest absolute Gasteiger partial charge is 0.321 e. The van der Waals surface area contributed by atoms with Gasteiger partial charge in [0.15, 0.2) is 0 Å². The summed E-state index contributed by atoms with van der Waals surface area (Å²) < 4.78 is 79.5. The normalized spacial score (nSPS) is 10.9. The molecular weight excluding hydrogens is 364 g/mol. The molecular formula is C8H16F5O3P3S. The van der Waals surface area contributed by atoms with Gasteiger partial charge in [-0.25, -0.2) is 0 Å². The molecule has 0 saturated carbocycles. The van der Waals surface area contributed by atoms with Crippen LogP contribution in [0.25, 0.3) is 0 Å². The van der Waals surface area contributed by atoms with Crippen LogP contribution in [-0.2, 0) is 14.3 Å². The van der Waals surface area contributed by atoms with E-state index in [1.54, 1.807) is 0 Å². The van der Waals surface area contributed by atoms with E-state index < -0.39 is 24.2 Å². The SMILES string of the molecule is CCC(P)CC.O=S(=O)(OC#CP(F)F)C(F)(F)F.P. The third-order valence-electron chi connectivity index (χ3n) is 1.61. The molecule has 0 aromatic heterocycles. The minimum atomic E-state index is -5.89. The summed E-state index contributed by atoms with van der Waals surface area (Å²) in [5, 5.41) is 0. The molecule has 0 aliphatic rings. The van der Waals surface area contributed by atoms with Crippen LogP contribution in [0.5, 0.6) is 0 Å². The summed E-state index contributed by atoms with van der Waals surface area (Å²) >= 11 is 0. The van der Waals surface area contributed by atoms with Crippen LogP contribution >= 0.6 is 27.7 Å². The largest absolute Gasteiger partial charge is 0.535 e. The quantitative estimate of drug-likeness (QED) is 0.243. The Morgan fingerprint density at radius 2 is 1.65 bits per heavy atom. The van der Waals surface area contributed by atoms with Crippen LogP contribution in [0.15, 0.2) is 0 Å². The van der Waals surface area contributed by atoms with Crippen LogP contribution < -0.4 is 0 Å². The summed E-state index contributed by atoms with van der Waals surface area (Å²) in [6.07, 6.45) is 3.34. The lowest BCUT2D eigenvalue weighted by Crippen LogP contribution is -2.23. The monoisotopic (exact) mass is 380 g/mol. The van der Waals surface area contributed by atoms with E-state index >= 15 is 0 Å². The van der Waals surface area contributed by atoms with Gasteiger partial charge >= 0.3 is 24.2 Å². The first-order chi connectivity index (χ1) is 8.47. The van der Waals surface area contributed by atoms with Crippen LogP contribution in [0, 0.1) is 11.8 Å². The molecule has 0 aliphatic carbocycles. The number of hydrogen-bond donors (Lipinski definition) is 0. The van der Waals surface area contributed by atoms with E-state index in [0.717, 1.165) is 17.4 Å². The van der Waals surface area contributed by atoms with Gasteiger partial charge in [0.05, 0.1) is 0 Å². The van der Waals surface area contributed by atoms with Gasteiger partial charge in [0.1, 0.15) is 6.11 Å². The summed E-state index contributed by atoms with van der Waals surface area (Å²) in [7, 11) is -6.89. The van der Waals surface area contributed by atoms with Gasteiger partial charge in [-0.15, -0.1) is 9.24 Å². The van der Waals surface area contributed by atoms with E-state index in [1.807, 2.05) is 0 Å². The van der Waals surface area contributed by atoms with Gasteiger partial charge in [-0.05, 0) is 18.5 Å². The molecule has 12 heteroatoms. The van der Waals surface area contributed by atoms with Gasteiger partial charge in [0.25, 0.3) is 0 Å². The number of alkyl halides is 3. The van der Waals surface area contributed by atoms with E-state index in [2.05, 4.69) is 27.3 Å². The van der Waals surface area contributed by atoms with Crippen molar-refractivity contribution in [2.24, 2.45) is 0 Å². The Balaban J connectivity index is -0.000000352. The van der Waals surface area contributed by atoms with E-state index in [0.29, 0.717) is 0 Å². The zero-order valence-electron chi connectivity index (χ0n) is 10.7. The van der Waals surface area contributed by atoms with Gasteiger partial charge in [-0.2, -0.15) is 39.9 Å². The highest BCUT2D eigenvalue weighted by Crippen LogP contribution is 2.36. The van der Waals surface area contributed by atoms with Crippen molar-refractivity contribution in [3.8, 4) is 11.8 Å². The highest BCUT2D eigenvalue weighted by atomic mass is 32.2. The van der Waals surface area contributed by atoms with Crippen molar-refractivity contribution in [1.82, 2.24) is 0 Å². The molecule has 0 rings (SSSR count). The average molecular weight is 380 g/mol. The van der Waals surface area contributed by atoms with E-state index in [4.69, 9.17) is 0 Å². The Labute approximate surface area is 122 Å².